The molecule has 0 N–H and O–H groups in total. The molecule has 20 nitrogen and oxygen atoms in total. The number of allylic oxidation sites excluding steroid dienone is 2. The fourth-order valence-corrected chi connectivity index (χ4v) is 7.18. The zero-order valence-corrected chi connectivity index (χ0v) is 33.5. The van der Waals surface area contributed by atoms with E-state index >= 15 is 0 Å². The summed E-state index contributed by atoms with van der Waals surface area (Å²) in [6.07, 6.45) is 3.39. The van der Waals surface area contributed by atoms with Gasteiger partial charge in [-0.2, -0.15) is 0 Å². The van der Waals surface area contributed by atoms with Crippen molar-refractivity contribution in [1.29, 1.82) is 0 Å². The Morgan fingerprint density at radius 2 is 0.893 bits per heavy atom. The van der Waals surface area contributed by atoms with Crippen molar-refractivity contribution >= 4 is 35.4 Å². The minimum Gasteiger partial charge on any atom is -0.468 e. The maximum atomic E-state index is 12.7. The lowest BCUT2D eigenvalue weighted by Gasteiger charge is -2.47. The van der Waals surface area contributed by atoms with E-state index in [1.54, 1.807) is 41.5 Å². The van der Waals surface area contributed by atoms with E-state index in [1.165, 1.54) is 26.0 Å². The van der Waals surface area contributed by atoms with Crippen molar-refractivity contribution < 1.29 is 76.5 Å². The lowest BCUT2D eigenvalue weighted by molar-refractivity contribution is -0.544. The van der Waals surface area contributed by atoms with Gasteiger partial charge in [0.25, 0.3) is 0 Å². The maximum Gasteiger partial charge on any atom is 0.320 e. The summed E-state index contributed by atoms with van der Waals surface area (Å²) in [7, 11) is 2.15. The van der Waals surface area contributed by atoms with Gasteiger partial charge in [0, 0.05) is 36.3 Å². The number of hydrogen-bond acceptors (Lipinski definition) is 18. The van der Waals surface area contributed by atoms with Gasteiger partial charge >= 0.3 is 23.9 Å². The molecule has 20 heteroatoms. The summed E-state index contributed by atoms with van der Waals surface area (Å²) in [4.78, 5) is 97.2. The average Bonchev–Trinajstić information content (AvgIpc) is 3.14. The van der Waals surface area contributed by atoms with Crippen LogP contribution in [0.25, 0.3) is 0 Å². The number of nitrogens with zero attached hydrogens (tertiary/aromatic N) is 2. The van der Waals surface area contributed by atoms with Crippen LogP contribution in [0.5, 0.6) is 0 Å². The number of nitro groups is 2. The number of methoxy groups -OCH3 is 2. The second-order valence-corrected chi connectivity index (χ2v) is 12.6. The summed E-state index contributed by atoms with van der Waals surface area (Å²) in [6, 6.07) is -3.40. The smallest absolute Gasteiger partial charge is 0.320 e. The molecule has 0 saturated carbocycles. The van der Waals surface area contributed by atoms with Crippen LogP contribution in [0.4, 0.5) is 0 Å². The molecule has 0 aromatic carbocycles. The number of rotatable bonds is 20. The molecule has 0 spiro atoms. The largest absolute Gasteiger partial charge is 0.468 e. The molecule has 0 aromatic rings. The van der Waals surface area contributed by atoms with Crippen LogP contribution in [0.3, 0.4) is 0 Å². The van der Waals surface area contributed by atoms with Crippen molar-refractivity contribution in [2.75, 3.05) is 53.9 Å². The van der Waals surface area contributed by atoms with Crippen LogP contribution in [0.2, 0.25) is 0 Å². The molecule has 0 saturated heterocycles. The SMILES string of the molecule is CCOC(=O)C[C@@H]([C@@H]1C(OCC)(OCC)C=CC(=O)[C@]1(C)C(=O)OC)[N+](=O)[O-].CCOC(=O)C[C@H]([C@H]1C(OCC)(OCC)C=CC(=O)[C@@]1(C)C(=O)OC)[N+](=O)[O-]. The van der Waals surface area contributed by atoms with Gasteiger partial charge in [0.2, 0.25) is 12.1 Å². The second-order valence-electron chi connectivity index (χ2n) is 12.6. The molecule has 0 radical (unpaired) electrons. The van der Waals surface area contributed by atoms with Crippen LogP contribution in [0.1, 0.15) is 68.2 Å². The van der Waals surface area contributed by atoms with Gasteiger partial charge in [-0.3, -0.25) is 49.0 Å². The van der Waals surface area contributed by atoms with E-state index < -0.39 is 104 Å². The first kappa shape index (κ1) is 49.4. The van der Waals surface area contributed by atoms with Crippen LogP contribution in [-0.2, 0) is 66.7 Å². The summed E-state index contributed by atoms with van der Waals surface area (Å²) in [5.74, 6) is -11.5. The normalized spacial score (nSPS) is 24.5. The third kappa shape index (κ3) is 10.4. The van der Waals surface area contributed by atoms with Crippen LogP contribution < -0.4 is 0 Å². The van der Waals surface area contributed by atoms with Gasteiger partial charge in [0.1, 0.15) is 35.5 Å². The van der Waals surface area contributed by atoms with Gasteiger partial charge < -0.3 is 37.9 Å². The fraction of sp³-hybridized carbons (Fsp3) is 0.722. The monoisotopic (exact) mass is 802 g/mol. The van der Waals surface area contributed by atoms with Crippen molar-refractivity contribution in [2.45, 2.75) is 91.9 Å². The fourth-order valence-electron chi connectivity index (χ4n) is 7.18. The first-order valence-electron chi connectivity index (χ1n) is 18.1. The Morgan fingerprint density at radius 3 is 1.11 bits per heavy atom. The third-order valence-corrected chi connectivity index (χ3v) is 9.44. The predicted octanol–water partition coefficient (Wildman–Crippen LogP) is 2.58. The lowest BCUT2D eigenvalue weighted by atomic mass is 9.62. The molecule has 0 aromatic heterocycles. The molecule has 0 unspecified atom stereocenters. The molecule has 56 heavy (non-hydrogen) atoms. The Bertz CT molecular complexity index is 1390. The zero-order valence-electron chi connectivity index (χ0n) is 33.5. The minimum atomic E-state index is -2.00. The van der Waals surface area contributed by atoms with Crippen LogP contribution in [0, 0.1) is 42.9 Å². The molecule has 6 atom stereocenters. The molecule has 0 fully saturated rings. The number of ether oxygens (including phenoxy) is 8. The zero-order chi connectivity index (χ0) is 43.1. The molecule has 316 valence electrons. The van der Waals surface area contributed by atoms with Gasteiger partial charge in [-0.25, -0.2) is 0 Å². The highest BCUT2D eigenvalue weighted by Crippen LogP contribution is 2.49. The minimum absolute atomic E-state index is 0.0309. The van der Waals surface area contributed by atoms with Gasteiger partial charge in [-0.05, 0) is 79.7 Å². The van der Waals surface area contributed by atoms with Gasteiger partial charge in [0.05, 0.1) is 27.4 Å². The van der Waals surface area contributed by atoms with Gasteiger partial charge in [0.15, 0.2) is 23.1 Å². The predicted molar refractivity (Wildman–Crippen MR) is 192 cm³/mol. The topological polar surface area (TPSA) is 263 Å². The highest BCUT2D eigenvalue weighted by Gasteiger charge is 2.67. The summed E-state index contributed by atoms with van der Waals surface area (Å²) in [5, 5.41) is 23.9. The first-order valence-corrected chi connectivity index (χ1v) is 18.1. The Kier molecular flexibility index (Phi) is 19.0. The lowest BCUT2D eigenvalue weighted by Crippen LogP contribution is -2.63. The highest BCUT2D eigenvalue weighted by atomic mass is 16.7. The molecular formula is C36H54N2O18. The van der Waals surface area contributed by atoms with E-state index in [9.17, 15) is 49.0 Å². The van der Waals surface area contributed by atoms with E-state index in [1.807, 2.05) is 0 Å². The second kappa shape index (κ2) is 21.6. The Labute approximate surface area is 324 Å². The van der Waals surface area contributed by atoms with Crippen LogP contribution in [0.15, 0.2) is 24.3 Å². The van der Waals surface area contributed by atoms with E-state index in [2.05, 4.69) is 0 Å². The Balaban J connectivity index is 0.000000560. The summed E-state index contributed by atoms with van der Waals surface area (Å²) in [6.45, 7) is 12.6. The van der Waals surface area contributed by atoms with Crippen molar-refractivity contribution in [2.24, 2.45) is 22.7 Å². The van der Waals surface area contributed by atoms with Crippen molar-refractivity contribution in [3.05, 3.63) is 44.5 Å². The number of hydrogen-bond donors (Lipinski definition) is 0. The maximum absolute atomic E-state index is 12.7. The summed E-state index contributed by atoms with van der Waals surface area (Å²) < 4.78 is 42.1. The molecular weight excluding hydrogens is 748 g/mol. The number of ketones is 2. The average molecular weight is 803 g/mol. The quantitative estimate of drug-likeness (QED) is 0.0427. The third-order valence-electron chi connectivity index (χ3n) is 9.44. The Hall–Kier alpha value is -4.66. The highest BCUT2D eigenvalue weighted by molar-refractivity contribution is 6.11. The van der Waals surface area contributed by atoms with Crippen molar-refractivity contribution in [3.8, 4) is 0 Å². The van der Waals surface area contributed by atoms with Crippen LogP contribution >= 0.6 is 0 Å². The van der Waals surface area contributed by atoms with E-state index in [4.69, 9.17) is 37.9 Å². The molecule has 0 bridgehead atoms. The summed E-state index contributed by atoms with van der Waals surface area (Å²) in [5.41, 5.74) is -4.00. The molecule has 0 amide bonds. The van der Waals surface area contributed by atoms with E-state index in [0.29, 0.717) is 0 Å². The molecule has 2 aliphatic rings. The van der Waals surface area contributed by atoms with Crippen molar-refractivity contribution in [3.63, 3.8) is 0 Å². The van der Waals surface area contributed by atoms with Gasteiger partial charge in [-0.1, -0.05) is 0 Å². The molecule has 0 aliphatic heterocycles. The standard InChI is InChI=1S/2C18H27NO9/c2*1-6-26-14(21)11-12(19(23)24)15-17(4,16(22)25-5)13(20)9-10-18(15,27-7-2)28-8-3/h2*9-10,12,15H,6-8,11H2,1-5H3/t2*12-,15-,17-/m10/s1. The van der Waals surface area contributed by atoms with Crippen molar-refractivity contribution in [1.82, 2.24) is 0 Å². The van der Waals surface area contributed by atoms with Crippen LogP contribution in [-0.4, -0.2) is 123 Å². The number of carbonyl (C=O) groups excluding carboxylic acids is 6. The van der Waals surface area contributed by atoms with E-state index in [-0.39, 0.29) is 39.6 Å². The molecule has 0 heterocycles. The first-order chi connectivity index (χ1) is 26.3. The summed E-state index contributed by atoms with van der Waals surface area (Å²) >= 11 is 0. The number of carbonyl (C=O) groups is 6. The molecule has 2 aliphatic carbocycles. The number of esters is 4. The van der Waals surface area contributed by atoms with E-state index in [0.717, 1.165) is 26.4 Å². The van der Waals surface area contributed by atoms with Gasteiger partial charge in [-0.15, -0.1) is 0 Å². The molecule has 2 rings (SSSR count). The Morgan fingerprint density at radius 1 is 0.607 bits per heavy atom.